The third-order valence-electron chi connectivity index (χ3n) is 4.13. The number of aryl methyl sites for hydroxylation is 1. The number of amidine groups is 1. The Bertz CT molecular complexity index is 766. The average Bonchev–Trinajstić information content (AvgIpc) is 3.12. The number of rotatable bonds is 6. The molecule has 140 valence electrons. The van der Waals surface area contributed by atoms with Gasteiger partial charge in [-0.1, -0.05) is 16.8 Å². The minimum Gasteiger partial charge on any atom is -0.379 e. The molecule has 1 aromatic carbocycles. The summed E-state index contributed by atoms with van der Waals surface area (Å²) in [6.07, 6.45) is 1.36. The zero-order valence-electron chi connectivity index (χ0n) is 14.0. The van der Waals surface area contributed by atoms with Crippen molar-refractivity contribution in [2.24, 2.45) is 0 Å². The van der Waals surface area contributed by atoms with Crippen LogP contribution in [0.1, 0.15) is 17.8 Å². The predicted octanol–water partition coefficient (Wildman–Crippen LogP) is 2.35. The first-order chi connectivity index (χ1) is 12.6. The third kappa shape index (κ3) is 4.36. The van der Waals surface area contributed by atoms with E-state index in [2.05, 4.69) is 15.2 Å². The second-order valence-corrected chi connectivity index (χ2v) is 6.28. The highest BCUT2D eigenvalue weighted by Crippen LogP contribution is 2.23. The summed E-state index contributed by atoms with van der Waals surface area (Å²) in [6, 6.07) is 3.64. The minimum atomic E-state index is -0.609. The Labute approximate surface area is 154 Å². The van der Waals surface area contributed by atoms with Crippen LogP contribution in [0.3, 0.4) is 0 Å². The van der Waals surface area contributed by atoms with Crippen molar-refractivity contribution in [3.8, 4) is 0 Å². The van der Waals surface area contributed by atoms with E-state index in [-0.39, 0.29) is 22.2 Å². The van der Waals surface area contributed by atoms with Crippen molar-refractivity contribution in [1.29, 1.82) is 5.41 Å². The molecule has 0 radical (unpaired) electrons. The minimum absolute atomic E-state index is 0.134. The van der Waals surface area contributed by atoms with E-state index < -0.39 is 5.82 Å². The fraction of sp³-hybridized carbons (Fsp3) is 0.438. The van der Waals surface area contributed by atoms with Gasteiger partial charge in [-0.15, -0.1) is 0 Å². The molecule has 0 saturated carbocycles. The quantitative estimate of drug-likeness (QED) is 0.448. The molecule has 1 aliphatic heterocycles. The largest absolute Gasteiger partial charge is 0.379 e. The van der Waals surface area contributed by atoms with Crippen molar-refractivity contribution in [2.45, 2.75) is 12.8 Å². The Morgan fingerprint density at radius 1 is 1.35 bits per heavy atom. The second-order valence-electron chi connectivity index (χ2n) is 5.88. The van der Waals surface area contributed by atoms with Crippen LogP contribution in [0, 0.1) is 11.2 Å². The first-order valence-corrected chi connectivity index (χ1v) is 8.58. The molecule has 0 unspecified atom stereocenters. The van der Waals surface area contributed by atoms with Gasteiger partial charge in [0.05, 0.1) is 23.9 Å². The Kier molecular flexibility index (Phi) is 6.15. The number of anilines is 1. The van der Waals surface area contributed by atoms with Crippen LogP contribution in [0.4, 0.5) is 10.1 Å². The van der Waals surface area contributed by atoms with E-state index in [1.54, 1.807) is 0 Å². The van der Waals surface area contributed by atoms with E-state index in [1.807, 2.05) is 0 Å². The molecule has 0 aliphatic carbocycles. The number of benzene rings is 1. The molecule has 2 heterocycles. The lowest BCUT2D eigenvalue weighted by atomic mass is 10.1. The van der Waals surface area contributed by atoms with Crippen LogP contribution in [0.2, 0.25) is 5.02 Å². The molecule has 26 heavy (non-hydrogen) atoms. The van der Waals surface area contributed by atoms with Gasteiger partial charge in [-0.05, 0) is 42.7 Å². The number of aromatic nitrogens is 2. The van der Waals surface area contributed by atoms with Gasteiger partial charge in [-0.2, -0.15) is 0 Å². The van der Waals surface area contributed by atoms with E-state index >= 15 is 0 Å². The number of hydrogen-bond acceptors (Lipinski definition) is 7. The summed E-state index contributed by atoms with van der Waals surface area (Å²) in [6.45, 7) is 4.15. The number of nitrogens with one attached hydrogen (secondary N) is 1. The first kappa shape index (κ1) is 18.7. The van der Waals surface area contributed by atoms with Crippen molar-refractivity contribution >= 4 is 23.1 Å². The maximum Gasteiger partial charge on any atom is 0.181 e. The summed E-state index contributed by atoms with van der Waals surface area (Å²) in [5.41, 5.74) is 0.758. The molecular formula is C16H19ClFN5O3. The van der Waals surface area contributed by atoms with Crippen LogP contribution in [0.5, 0.6) is 0 Å². The highest BCUT2D eigenvalue weighted by atomic mass is 35.5. The Morgan fingerprint density at radius 2 is 2.12 bits per heavy atom. The maximum atomic E-state index is 13.3. The number of morpholine rings is 1. The van der Waals surface area contributed by atoms with Gasteiger partial charge >= 0.3 is 0 Å². The van der Waals surface area contributed by atoms with Gasteiger partial charge in [-0.25, -0.2) is 14.1 Å². The Balaban J connectivity index is 1.62. The van der Waals surface area contributed by atoms with Crippen LogP contribution in [-0.2, 0) is 11.2 Å². The fourth-order valence-corrected chi connectivity index (χ4v) is 2.87. The fourth-order valence-electron chi connectivity index (χ4n) is 2.69. The SMILES string of the molecule is N=C(c1nonc1CCCN1CCOCC1)N(O)c1ccc(F)c(Cl)c1. The van der Waals surface area contributed by atoms with Crippen molar-refractivity contribution in [2.75, 3.05) is 37.9 Å². The molecule has 0 amide bonds. The number of halogens is 2. The zero-order chi connectivity index (χ0) is 18.5. The molecule has 1 aromatic heterocycles. The summed E-state index contributed by atoms with van der Waals surface area (Å²) in [4.78, 5) is 2.29. The normalized spacial score (nSPS) is 15.2. The van der Waals surface area contributed by atoms with E-state index in [4.69, 9.17) is 26.4 Å². The molecule has 0 atom stereocenters. The van der Waals surface area contributed by atoms with E-state index in [9.17, 15) is 9.60 Å². The predicted molar refractivity (Wildman–Crippen MR) is 92.4 cm³/mol. The molecule has 1 fully saturated rings. The molecule has 3 rings (SSSR count). The number of nitrogens with zero attached hydrogens (tertiary/aromatic N) is 4. The molecule has 2 aromatic rings. The van der Waals surface area contributed by atoms with Crippen molar-refractivity contribution in [1.82, 2.24) is 15.2 Å². The van der Waals surface area contributed by atoms with Crippen LogP contribution in [0.25, 0.3) is 0 Å². The topological polar surface area (TPSA) is 98.7 Å². The second kappa shape index (κ2) is 8.54. The highest BCUT2D eigenvalue weighted by molar-refractivity contribution is 6.31. The number of hydroxylamine groups is 1. The lowest BCUT2D eigenvalue weighted by molar-refractivity contribution is 0.0374. The Hall–Kier alpha value is -2.07. The molecular weight excluding hydrogens is 365 g/mol. The summed E-state index contributed by atoms with van der Waals surface area (Å²) in [7, 11) is 0. The van der Waals surface area contributed by atoms with Crippen molar-refractivity contribution in [3.05, 3.63) is 40.4 Å². The molecule has 0 spiro atoms. The van der Waals surface area contributed by atoms with Gasteiger partial charge in [-0.3, -0.25) is 15.5 Å². The van der Waals surface area contributed by atoms with Crippen LogP contribution < -0.4 is 5.06 Å². The monoisotopic (exact) mass is 383 g/mol. The van der Waals surface area contributed by atoms with Crippen LogP contribution in [0.15, 0.2) is 22.8 Å². The summed E-state index contributed by atoms with van der Waals surface area (Å²) < 4.78 is 23.3. The van der Waals surface area contributed by atoms with Gasteiger partial charge < -0.3 is 4.74 Å². The van der Waals surface area contributed by atoms with Gasteiger partial charge in [0, 0.05) is 13.1 Å². The number of hydrogen-bond donors (Lipinski definition) is 2. The number of ether oxygens (including phenoxy) is 1. The molecule has 0 bridgehead atoms. The lowest BCUT2D eigenvalue weighted by Gasteiger charge is -2.26. The third-order valence-corrected chi connectivity index (χ3v) is 4.42. The van der Waals surface area contributed by atoms with Crippen LogP contribution >= 0.6 is 11.6 Å². The van der Waals surface area contributed by atoms with E-state index in [0.29, 0.717) is 17.2 Å². The van der Waals surface area contributed by atoms with E-state index in [1.165, 1.54) is 12.1 Å². The maximum absolute atomic E-state index is 13.3. The van der Waals surface area contributed by atoms with E-state index in [0.717, 1.165) is 45.3 Å². The molecule has 2 N–H and O–H groups in total. The zero-order valence-corrected chi connectivity index (χ0v) is 14.7. The molecule has 1 aliphatic rings. The van der Waals surface area contributed by atoms with Gasteiger partial charge in [0.2, 0.25) is 0 Å². The van der Waals surface area contributed by atoms with Gasteiger partial charge in [0.25, 0.3) is 0 Å². The summed E-state index contributed by atoms with van der Waals surface area (Å²) >= 11 is 5.72. The van der Waals surface area contributed by atoms with Gasteiger partial charge in [0.15, 0.2) is 11.5 Å². The summed E-state index contributed by atoms with van der Waals surface area (Å²) in [5.74, 6) is -0.933. The van der Waals surface area contributed by atoms with Gasteiger partial charge in [0.1, 0.15) is 11.5 Å². The lowest BCUT2D eigenvalue weighted by Crippen LogP contribution is -2.37. The van der Waals surface area contributed by atoms with Crippen molar-refractivity contribution < 1.29 is 19.0 Å². The molecule has 8 nitrogen and oxygen atoms in total. The molecule has 1 saturated heterocycles. The van der Waals surface area contributed by atoms with Crippen LogP contribution in [-0.4, -0.2) is 59.1 Å². The Morgan fingerprint density at radius 3 is 2.85 bits per heavy atom. The van der Waals surface area contributed by atoms with Crippen molar-refractivity contribution in [3.63, 3.8) is 0 Å². The average molecular weight is 384 g/mol. The highest BCUT2D eigenvalue weighted by Gasteiger charge is 2.21. The summed E-state index contributed by atoms with van der Waals surface area (Å²) in [5, 5.41) is 26.3. The standard InChI is InChI=1S/C16H19ClFN5O3/c17-12-10-11(3-4-13(12)18)23(24)16(19)15-14(20-26-21-15)2-1-5-22-6-8-25-9-7-22/h3-4,10,19,24H,1-2,5-9H2. The first-order valence-electron chi connectivity index (χ1n) is 8.21. The molecule has 10 heteroatoms. The smallest absolute Gasteiger partial charge is 0.181 e.